The van der Waals surface area contributed by atoms with Crippen molar-refractivity contribution in [3.63, 3.8) is 0 Å². The fourth-order valence-electron chi connectivity index (χ4n) is 8.49. The fraction of sp³-hybridized carbons (Fsp3) is 0.0566. The number of hydrogen-bond donors (Lipinski definition) is 0. The third-order valence-corrected chi connectivity index (χ3v) is 11.4. The van der Waals surface area contributed by atoms with Crippen molar-refractivity contribution in [3.05, 3.63) is 222 Å². The molecular weight excluding hydrogens is 695 g/mol. The molecule has 1 heterocycles. The van der Waals surface area contributed by atoms with Gasteiger partial charge in [0.25, 0.3) is 5.56 Å². The van der Waals surface area contributed by atoms with Gasteiger partial charge in [-0.25, -0.2) is 4.98 Å². The van der Waals surface area contributed by atoms with Crippen molar-refractivity contribution in [2.24, 2.45) is 0 Å². The third kappa shape index (κ3) is 5.94. The Balaban J connectivity index is 1.04. The minimum Gasteiger partial charge on any atom is -0.310 e. The van der Waals surface area contributed by atoms with Crippen LogP contribution in [0.5, 0.6) is 0 Å². The van der Waals surface area contributed by atoms with Crippen LogP contribution in [0.25, 0.3) is 61.4 Å². The number of para-hydroxylation sites is 1. The Kier molecular flexibility index (Phi) is 8.27. The molecule has 0 unspecified atom stereocenters. The third-order valence-electron chi connectivity index (χ3n) is 11.4. The highest BCUT2D eigenvalue weighted by molar-refractivity contribution is 5.87. The molecule has 9 aromatic rings. The summed E-state index contributed by atoms with van der Waals surface area (Å²) in [7, 11) is 0. The molecule has 0 atom stereocenters. The molecule has 1 aromatic heterocycles. The maximum Gasteiger partial charge on any atom is 0.266 e. The van der Waals surface area contributed by atoms with E-state index in [1.54, 1.807) is 4.57 Å². The summed E-state index contributed by atoms with van der Waals surface area (Å²) in [4.78, 5) is 21.3. The van der Waals surface area contributed by atoms with E-state index >= 15 is 0 Å². The van der Waals surface area contributed by atoms with Crippen LogP contribution >= 0.6 is 0 Å². The van der Waals surface area contributed by atoms with E-state index in [1.807, 2.05) is 66.7 Å². The molecule has 0 saturated heterocycles. The summed E-state index contributed by atoms with van der Waals surface area (Å²) in [5.74, 6) is 0.617. The fourth-order valence-corrected chi connectivity index (χ4v) is 8.49. The van der Waals surface area contributed by atoms with E-state index in [0.29, 0.717) is 16.7 Å². The molecule has 0 saturated carbocycles. The van der Waals surface area contributed by atoms with Crippen LogP contribution < -0.4 is 10.5 Å². The van der Waals surface area contributed by atoms with Gasteiger partial charge >= 0.3 is 0 Å². The molecule has 272 valence electrons. The number of nitrogens with zero attached hydrogens (tertiary/aromatic N) is 3. The average Bonchev–Trinajstić information content (AvgIpc) is 3.50. The Labute approximate surface area is 332 Å². The molecule has 10 rings (SSSR count). The van der Waals surface area contributed by atoms with E-state index < -0.39 is 0 Å². The number of fused-ring (bicyclic) bond motifs is 4. The molecule has 0 fully saturated rings. The predicted molar refractivity (Wildman–Crippen MR) is 236 cm³/mol. The van der Waals surface area contributed by atoms with Crippen LogP contribution in [0, 0.1) is 0 Å². The number of benzene rings is 8. The van der Waals surface area contributed by atoms with Gasteiger partial charge in [-0.3, -0.25) is 9.36 Å². The molecule has 0 spiro atoms. The Morgan fingerprint density at radius 1 is 0.456 bits per heavy atom. The molecule has 0 amide bonds. The van der Waals surface area contributed by atoms with Gasteiger partial charge in [0.1, 0.15) is 5.82 Å². The summed E-state index contributed by atoms with van der Waals surface area (Å²) in [6, 6.07) is 69.5. The van der Waals surface area contributed by atoms with Gasteiger partial charge in [-0.05, 0) is 105 Å². The number of rotatable bonds is 7. The van der Waals surface area contributed by atoms with E-state index in [0.717, 1.165) is 39.4 Å². The van der Waals surface area contributed by atoms with E-state index in [9.17, 15) is 4.79 Å². The summed E-state index contributed by atoms with van der Waals surface area (Å²) in [6.45, 7) is 4.66. The number of hydrogen-bond acceptors (Lipinski definition) is 3. The molecular formula is C53H39N3O. The monoisotopic (exact) mass is 733 g/mol. The summed E-state index contributed by atoms with van der Waals surface area (Å²) in [6.07, 6.45) is 0. The average molecular weight is 734 g/mol. The van der Waals surface area contributed by atoms with E-state index in [4.69, 9.17) is 4.98 Å². The lowest BCUT2D eigenvalue weighted by Gasteiger charge is -2.28. The normalized spacial score (nSPS) is 12.6. The summed E-state index contributed by atoms with van der Waals surface area (Å²) in [5, 5.41) is 0.590. The number of aromatic nitrogens is 2. The van der Waals surface area contributed by atoms with Gasteiger partial charge in [-0.2, -0.15) is 0 Å². The molecule has 0 bridgehead atoms. The second-order valence-electron chi connectivity index (χ2n) is 15.2. The van der Waals surface area contributed by atoms with Gasteiger partial charge < -0.3 is 4.90 Å². The largest absolute Gasteiger partial charge is 0.310 e. The Morgan fingerprint density at radius 3 is 1.77 bits per heavy atom. The van der Waals surface area contributed by atoms with E-state index in [-0.39, 0.29) is 11.0 Å². The molecule has 4 heteroatoms. The standard InChI is InChI=1S/C53H39N3O/c1-53(2)48-22-11-9-20-45(48)46-33-32-44(35-49(46)53)55(43-19-13-18-40(34-43)36-14-5-3-6-15-36)41-28-24-37(25-29-41)38-26-30-42(31-27-38)56-51(39-16-7-4-8-17-39)54-50-23-12-10-21-47(50)52(56)57/h3-35H,1-2H3. The Morgan fingerprint density at radius 2 is 1.02 bits per heavy atom. The second-order valence-corrected chi connectivity index (χ2v) is 15.2. The first-order valence-corrected chi connectivity index (χ1v) is 19.4. The summed E-state index contributed by atoms with van der Waals surface area (Å²) in [5.41, 5.74) is 15.2. The lowest BCUT2D eigenvalue weighted by atomic mass is 9.82. The first-order chi connectivity index (χ1) is 27.9. The zero-order valence-electron chi connectivity index (χ0n) is 31.8. The lowest BCUT2D eigenvalue weighted by molar-refractivity contribution is 0.660. The highest BCUT2D eigenvalue weighted by Gasteiger charge is 2.35. The number of anilines is 3. The minimum absolute atomic E-state index is 0.0909. The first-order valence-electron chi connectivity index (χ1n) is 19.4. The quantitative estimate of drug-likeness (QED) is 0.164. The van der Waals surface area contributed by atoms with Crippen molar-refractivity contribution >= 4 is 28.0 Å². The van der Waals surface area contributed by atoms with E-state index in [1.165, 1.54) is 33.4 Å². The molecule has 0 radical (unpaired) electrons. The lowest BCUT2D eigenvalue weighted by Crippen LogP contribution is -2.21. The zero-order chi connectivity index (χ0) is 38.5. The van der Waals surface area contributed by atoms with Gasteiger partial charge in [-0.1, -0.05) is 153 Å². The Bertz CT molecular complexity index is 2980. The van der Waals surface area contributed by atoms with Crippen molar-refractivity contribution in [1.82, 2.24) is 9.55 Å². The van der Waals surface area contributed by atoms with Gasteiger partial charge in [-0.15, -0.1) is 0 Å². The smallest absolute Gasteiger partial charge is 0.266 e. The van der Waals surface area contributed by atoms with Crippen molar-refractivity contribution in [3.8, 4) is 50.5 Å². The van der Waals surface area contributed by atoms with Crippen LogP contribution in [0.4, 0.5) is 17.1 Å². The molecule has 1 aliphatic rings. The van der Waals surface area contributed by atoms with Gasteiger partial charge in [0.2, 0.25) is 0 Å². The van der Waals surface area contributed by atoms with Gasteiger partial charge in [0.05, 0.1) is 16.6 Å². The first kappa shape index (κ1) is 34.2. The topological polar surface area (TPSA) is 38.1 Å². The molecule has 8 aromatic carbocycles. The van der Waals surface area contributed by atoms with Crippen molar-refractivity contribution in [2.45, 2.75) is 19.3 Å². The zero-order valence-corrected chi connectivity index (χ0v) is 31.8. The Hall–Kier alpha value is -7.30. The van der Waals surface area contributed by atoms with Crippen LogP contribution in [0.1, 0.15) is 25.0 Å². The van der Waals surface area contributed by atoms with Crippen LogP contribution in [-0.4, -0.2) is 9.55 Å². The summed E-state index contributed by atoms with van der Waals surface area (Å²) < 4.78 is 1.72. The van der Waals surface area contributed by atoms with Crippen LogP contribution in [0.2, 0.25) is 0 Å². The highest BCUT2D eigenvalue weighted by Crippen LogP contribution is 2.50. The highest BCUT2D eigenvalue weighted by atomic mass is 16.1. The van der Waals surface area contributed by atoms with Crippen LogP contribution in [-0.2, 0) is 5.41 Å². The second kappa shape index (κ2) is 13.8. The van der Waals surface area contributed by atoms with Crippen molar-refractivity contribution < 1.29 is 0 Å². The summed E-state index contributed by atoms with van der Waals surface area (Å²) >= 11 is 0. The molecule has 4 nitrogen and oxygen atoms in total. The maximum atomic E-state index is 14.0. The maximum absolute atomic E-state index is 14.0. The van der Waals surface area contributed by atoms with Gasteiger partial charge in [0.15, 0.2) is 0 Å². The van der Waals surface area contributed by atoms with Crippen molar-refractivity contribution in [1.29, 1.82) is 0 Å². The molecule has 1 aliphatic carbocycles. The van der Waals surface area contributed by atoms with Crippen LogP contribution in [0.3, 0.4) is 0 Å². The van der Waals surface area contributed by atoms with Gasteiger partial charge in [0, 0.05) is 28.0 Å². The van der Waals surface area contributed by atoms with Crippen LogP contribution in [0.15, 0.2) is 205 Å². The minimum atomic E-state index is -0.120. The van der Waals surface area contributed by atoms with E-state index in [2.05, 4.69) is 152 Å². The SMILES string of the molecule is CC1(C)c2ccccc2-c2ccc(N(c3ccc(-c4ccc(-n5c(-c6ccccc6)nc6ccccc6c5=O)cc4)cc3)c3cccc(-c4ccccc4)c3)cc21. The molecule has 57 heavy (non-hydrogen) atoms. The van der Waals surface area contributed by atoms with Crippen molar-refractivity contribution in [2.75, 3.05) is 4.90 Å². The predicted octanol–water partition coefficient (Wildman–Crippen LogP) is 13.2. The molecule has 0 aliphatic heterocycles. The molecule has 0 N–H and O–H groups in total.